The monoisotopic (exact) mass is 191 g/mol. The van der Waals surface area contributed by atoms with Gasteiger partial charge in [0.2, 0.25) is 0 Å². The molecule has 2 heteroatoms. The number of hydrogen-bond donors (Lipinski definition) is 0. The molecule has 0 bridgehead atoms. The number of rotatable bonds is 6. The highest BCUT2D eigenvalue weighted by molar-refractivity contribution is 8.03. The van der Waals surface area contributed by atoms with Gasteiger partial charge in [-0.15, -0.1) is 0 Å². The molecular formula is C9H19S2. The van der Waals surface area contributed by atoms with Crippen molar-refractivity contribution in [3.63, 3.8) is 0 Å². The highest BCUT2D eigenvalue weighted by Crippen LogP contribution is 2.25. The van der Waals surface area contributed by atoms with E-state index in [1.807, 2.05) is 11.8 Å². The molecule has 0 amide bonds. The Hall–Kier alpha value is 0.700. The zero-order valence-electron chi connectivity index (χ0n) is 7.80. The van der Waals surface area contributed by atoms with Crippen LogP contribution in [0.4, 0.5) is 0 Å². The van der Waals surface area contributed by atoms with Crippen molar-refractivity contribution in [1.29, 1.82) is 0 Å². The van der Waals surface area contributed by atoms with Crippen LogP contribution in [0.2, 0.25) is 0 Å². The van der Waals surface area contributed by atoms with E-state index in [4.69, 9.17) is 0 Å². The minimum absolute atomic E-state index is 0.569. The summed E-state index contributed by atoms with van der Waals surface area (Å²) < 4.78 is 0. The molecule has 0 nitrogen and oxygen atoms in total. The summed E-state index contributed by atoms with van der Waals surface area (Å²) in [6, 6.07) is 0. The SMILES string of the molecule is [CH2]C(SC)C(CCC)SCC. The molecule has 0 aliphatic rings. The molecule has 0 heterocycles. The van der Waals surface area contributed by atoms with Gasteiger partial charge in [-0.1, -0.05) is 20.3 Å². The predicted octanol–water partition coefficient (Wildman–Crippen LogP) is 3.47. The minimum Gasteiger partial charge on any atom is -0.161 e. The summed E-state index contributed by atoms with van der Waals surface area (Å²) in [6.45, 7) is 8.61. The lowest BCUT2D eigenvalue weighted by Gasteiger charge is -2.20. The Morgan fingerprint density at radius 2 is 2.00 bits per heavy atom. The van der Waals surface area contributed by atoms with Gasteiger partial charge in [-0.3, -0.25) is 0 Å². The van der Waals surface area contributed by atoms with Crippen molar-refractivity contribution in [3.8, 4) is 0 Å². The Labute approximate surface area is 79.9 Å². The number of thioether (sulfide) groups is 2. The van der Waals surface area contributed by atoms with Crippen LogP contribution in [0.3, 0.4) is 0 Å². The van der Waals surface area contributed by atoms with Crippen LogP contribution in [-0.4, -0.2) is 22.5 Å². The molecule has 0 aliphatic carbocycles. The molecule has 0 aromatic rings. The summed E-state index contributed by atoms with van der Waals surface area (Å²) in [5.74, 6) is 1.22. The Balaban J connectivity index is 3.66. The fourth-order valence-corrected chi connectivity index (χ4v) is 3.08. The topological polar surface area (TPSA) is 0 Å². The third-order valence-corrected chi connectivity index (χ3v) is 4.10. The molecule has 11 heavy (non-hydrogen) atoms. The first-order chi connectivity index (χ1) is 5.26. The fourth-order valence-electron chi connectivity index (χ4n) is 1.03. The lowest BCUT2D eigenvalue weighted by Crippen LogP contribution is -2.16. The first-order valence-electron chi connectivity index (χ1n) is 4.23. The highest BCUT2D eigenvalue weighted by Gasteiger charge is 2.14. The standard InChI is InChI=1S/C9H19S2/c1-5-7-9(11-6-2)8(3)10-4/h8-9H,3,5-7H2,1-2,4H3. The zero-order chi connectivity index (χ0) is 8.69. The molecule has 0 saturated carbocycles. The lowest BCUT2D eigenvalue weighted by atomic mass is 10.2. The summed E-state index contributed by atoms with van der Waals surface area (Å²) in [4.78, 5) is 0. The fraction of sp³-hybridized carbons (Fsp3) is 0.889. The van der Waals surface area contributed by atoms with Gasteiger partial charge in [0.15, 0.2) is 0 Å². The predicted molar refractivity (Wildman–Crippen MR) is 59.5 cm³/mol. The second-order valence-electron chi connectivity index (χ2n) is 2.56. The smallest absolute Gasteiger partial charge is 0.0166 e. The summed E-state index contributed by atoms with van der Waals surface area (Å²) in [5, 5.41) is 1.33. The van der Waals surface area contributed by atoms with Crippen LogP contribution in [0.1, 0.15) is 26.7 Å². The van der Waals surface area contributed by atoms with Crippen LogP contribution in [0.5, 0.6) is 0 Å². The maximum Gasteiger partial charge on any atom is 0.0166 e. The van der Waals surface area contributed by atoms with Crippen molar-refractivity contribution in [2.24, 2.45) is 0 Å². The molecule has 2 unspecified atom stereocenters. The van der Waals surface area contributed by atoms with Gasteiger partial charge in [0.1, 0.15) is 0 Å². The van der Waals surface area contributed by atoms with Crippen LogP contribution in [-0.2, 0) is 0 Å². The normalized spacial score (nSPS) is 16.4. The van der Waals surface area contributed by atoms with Crippen LogP contribution >= 0.6 is 23.5 Å². The minimum atomic E-state index is 0.569. The van der Waals surface area contributed by atoms with Crippen LogP contribution in [0, 0.1) is 6.92 Å². The van der Waals surface area contributed by atoms with Crippen LogP contribution in [0.25, 0.3) is 0 Å². The van der Waals surface area contributed by atoms with Gasteiger partial charge in [0, 0.05) is 10.5 Å². The van der Waals surface area contributed by atoms with E-state index in [2.05, 4.69) is 38.8 Å². The van der Waals surface area contributed by atoms with Gasteiger partial charge in [0.05, 0.1) is 0 Å². The summed E-state index contributed by atoms with van der Waals surface area (Å²) in [5.41, 5.74) is 0. The Bertz CT molecular complexity index is 77.6. The third-order valence-electron chi connectivity index (χ3n) is 1.67. The van der Waals surface area contributed by atoms with E-state index in [-0.39, 0.29) is 0 Å². The average Bonchev–Trinajstić information content (AvgIpc) is 2.03. The van der Waals surface area contributed by atoms with Gasteiger partial charge in [-0.05, 0) is 25.4 Å². The molecule has 0 aromatic heterocycles. The van der Waals surface area contributed by atoms with E-state index in [9.17, 15) is 0 Å². The van der Waals surface area contributed by atoms with Crippen molar-refractivity contribution in [2.75, 3.05) is 12.0 Å². The maximum atomic E-state index is 4.14. The molecule has 0 aromatic carbocycles. The summed E-state index contributed by atoms with van der Waals surface area (Å²) in [6.07, 6.45) is 4.74. The highest BCUT2D eigenvalue weighted by atomic mass is 32.2. The van der Waals surface area contributed by atoms with Crippen molar-refractivity contribution < 1.29 is 0 Å². The van der Waals surface area contributed by atoms with E-state index < -0.39 is 0 Å². The second-order valence-corrected chi connectivity index (χ2v) is 5.15. The van der Waals surface area contributed by atoms with Crippen LogP contribution < -0.4 is 0 Å². The Kier molecular flexibility index (Phi) is 7.82. The zero-order valence-corrected chi connectivity index (χ0v) is 9.43. The second kappa shape index (κ2) is 7.35. The van der Waals surface area contributed by atoms with Crippen molar-refractivity contribution >= 4 is 23.5 Å². The van der Waals surface area contributed by atoms with Crippen molar-refractivity contribution in [1.82, 2.24) is 0 Å². The Morgan fingerprint density at radius 1 is 1.36 bits per heavy atom. The largest absolute Gasteiger partial charge is 0.161 e. The van der Waals surface area contributed by atoms with Gasteiger partial charge in [-0.2, -0.15) is 23.5 Å². The van der Waals surface area contributed by atoms with E-state index in [0.29, 0.717) is 5.25 Å². The average molecular weight is 191 g/mol. The molecule has 1 radical (unpaired) electrons. The molecule has 0 N–H and O–H groups in total. The molecular weight excluding hydrogens is 172 g/mol. The lowest BCUT2D eigenvalue weighted by molar-refractivity contribution is 0.754. The van der Waals surface area contributed by atoms with E-state index >= 15 is 0 Å². The third kappa shape index (κ3) is 5.02. The summed E-state index contributed by atoms with van der Waals surface area (Å²) >= 11 is 3.93. The molecule has 67 valence electrons. The van der Waals surface area contributed by atoms with Gasteiger partial charge < -0.3 is 0 Å². The van der Waals surface area contributed by atoms with Crippen molar-refractivity contribution in [3.05, 3.63) is 6.92 Å². The van der Waals surface area contributed by atoms with Crippen LogP contribution in [0.15, 0.2) is 0 Å². The first kappa shape index (κ1) is 11.7. The van der Waals surface area contributed by atoms with E-state index in [1.54, 1.807) is 0 Å². The maximum absolute atomic E-state index is 4.14. The molecule has 0 spiro atoms. The molecule has 0 aliphatic heterocycles. The van der Waals surface area contributed by atoms with E-state index in [1.165, 1.54) is 18.6 Å². The van der Waals surface area contributed by atoms with Gasteiger partial charge in [0.25, 0.3) is 0 Å². The molecule has 2 atom stereocenters. The summed E-state index contributed by atoms with van der Waals surface area (Å²) in [7, 11) is 0. The Morgan fingerprint density at radius 3 is 2.36 bits per heavy atom. The first-order valence-corrected chi connectivity index (χ1v) is 6.57. The molecule has 0 fully saturated rings. The molecule has 0 saturated heterocycles. The molecule has 0 rings (SSSR count). The number of hydrogen-bond acceptors (Lipinski definition) is 2. The quantitative estimate of drug-likeness (QED) is 0.630. The van der Waals surface area contributed by atoms with E-state index in [0.717, 1.165) is 5.25 Å². The van der Waals surface area contributed by atoms with Crippen molar-refractivity contribution in [2.45, 2.75) is 37.2 Å². The van der Waals surface area contributed by atoms with Gasteiger partial charge >= 0.3 is 0 Å². The van der Waals surface area contributed by atoms with Gasteiger partial charge in [-0.25, -0.2) is 0 Å².